The molecular formula is C17H21N3O. The van der Waals surface area contributed by atoms with E-state index in [1.807, 2.05) is 18.3 Å². The van der Waals surface area contributed by atoms with E-state index in [0.717, 1.165) is 23.9 Å². The first-order valence-corrected chi connectivity index (χ1v) is 7.65. The Balaban J connectivity index is 1.46. The van der Waals surface area contributed by atoms with Gasteiger partial charge in [0.15, 0.2) is 0 Å². The molecule has 0 radical (unpaired) electrons. The molecule has 1 aromatic carbocycles. The molecule has 4 nitrogen and oxygen atoms in total. The summed E-state index contributed by atoms with van der Waals surface area (Å²) in [6.07, 6.45) is 5.71. The zero-order valence-corrected chi connectivity index (χ0v) is 12.1. The Morgan fingerprint density at radius 2 is 2.05 bits per heavy atom. The third kappa shape index (κ3) is 4.02. The van der Waals surface area contributed by atoms with Gasteiger partial charge in [-0.2, -0.15) is 0 Å². The quantitative estimate of drug-likeness (QED) is 0.817. The molecule has 0 saturated heterocycles. The molecule has 1 amide bonds. The Morgan fingerprint density at radius 1 is 1.19 bits per heavy atom. The van der Waals surface area contributed by atoms with Crippen molar-refractivity contribution in [1.82, 2.24) is 15.6 Å². The van der Waals surface area contributed by atoms with E-state index in [-0.39, 0.29) is 5.91 Å². The molecule has 1 aliphatic carbocycles. The second-order valence-corrected chi connectivity index (χ2v) is 5.57. The highest BCUT2D eigenvalue weighted by Crippen LogP contribution is 2.18. The maximum Gasteiger partial charge on any atom is 0.221 e. The van der Waals surface area contributed by atoms with Gasteiger partial charge in [0.05, 0.1) is 5.52 Å². The third-order valence-corrected chi connectivity index (χ3v) is 3.80. The van der Waals surface area contributed by atoms with Crippen molar-refractivity contribution in [2.75, 3.05) is 13.1 Å². The molecule has 2 N–H and O–H groups in total. The van der Waals surface area contributed by atoms with Crippen molar-refractivity contribution in [3.05, 3.63) is 42.1 Å². The van der Waals surface area contributed by atoms with Crippen molar-refractivity contribution in [3.63, 3.8) is 0 Å². The molecule has 0 unspecified atom stereocenters. The average Bonchev–Trinajstić information content (AvgIpc) is 3.32. The van der Waals surface area contributed by atoms with Gasteiger partial charge in [0.25, 0.3) is 0 Å². The molecule has 1 aromatic heterocycles. The number of pyridine rings is 1. The molecular weight excluding hydrogens is 262 g/mol. The topological polar surface area (TPSA) is 54.0 Å². The monoisotopic (exact) mass is 283 g/mol. The summed E-state index contributed by atoms with van der Waals surface area (Å²) in [4.78, 5) is 16.2. The predicted octanol–water partition coefficient (Wildman–Crippen LogP) is 2.04. The van der Waals surface area contributed by atoms with Crippen LogP contribution in [0.1, 0.15) is 24.8 Å². The number of benzene rings is 1. The predicted molar refractivity (Wildman–Crippen MR) is 84.1 cm³/mol. The summed E-state index contributed by atoms with van der Waals surface area (Å²) >= 11 is 0. The number of rotatable bonds is 7. The highest BCUT2D eigenvalue weighted by molar-refractivity contribution is 5.81. The van der Waals surface area contributed by atoms with Gasteiger partial charge in [-0.05, 0) is 30.9 Å². The van der Waals surface area contributed by atoms with E-state index >= 15 is 0 Å². The fraction of sp³-hybridized carbons (Fsp3) is 0.412. The normalized spacial score (nSPS) is 14.3. The van der Waals surface area contributed by atoms with Crippen molar-refractivity contribution in [3.8, 4) is 0 Å². The van der Waals surface area contributed by atoms with Crippen LogP contribution >= 0.6 is 0 Å². The Labute approximate surface area is 125 Å². The van der Waals surface area contributed by atoms with E-state index in [4.69, 9.17) is 0 Å². The summed E-state index contributed by atoms with van der Waals surface area (Å²) in [5.41, 5.74) is 2.22. The zero-order chi connectivity index (χ0) is 14.5. The van der Waals surface area contributed by atoms with Crippen LogP contribution in [0.2, 0.25) is 0 Å². The highest BCUT2D eigenvalue weighted by atomic mass is 16.1. The fourth-order valence-corrected chi connectivity index (χ4v) is 2.47. The number of carbonyl (C=O) groups excluding carboxylic acids is 1. The van der Waals surface area contributed by atoms with Crippen LogP contribution in [0.15, 0.2) is 36.5 Å². The van der Waals surface area contributed by atoms with Crippen molar-refractivity contribution < 1.29 is 4.79 Å². The van der Waals surface area contributed by atoms with Crippen molar-refractivity contribution in [2.24, 2.45) is 0 Å². The largest absolute Gasteiger partial charge is 0.356 e. The van der Waals surface area contributed by atoms with Crippen LogP contribution in [0.4, 0.5) is 0 Å². The standard InChI is InChI=1S/C17H21N3O/c21-16(9-12-18-15-6-7-15)19-11-8-14-4-1-3-13-5-2-10-20-17(13)14/h1-5,10,15,18H,6-9,11-12H2,(H,19,21). The lowest BCUT2D eigenvalue weighted by Gasteiger charge is -2.08. The molecule has 1 fully saturated rings. The molecule has 21 heavy (non-hydrogen) atoms. The number of hydrogen-bond donors (Lipinski definition) is 2. The Kier molecular flexibility index (Phi) is 4.46. The van der Waals surface area contributed by atoms with Gasteiger partial charge in [-0.3, -0.25) is 9.78 Å². The maximum absolute atomic E-state index is 11.7. The highest BCUT2D eigenvalue weighted by Gasteiger charge is 2.19. The number of fused-ring (bicyclic) bond motifs is 1. The molecule has 110 valence electrons. The van der Waals surface area contributed by atoms with E-state index in [1.54, 1.807) is 0 Å². The molecule has 0 spiro atoms. The van der Waals surface area contributed by atoms with Gasteiger partial charge in [0, 0.05) is 37.1 Å². The number of para-hydroxylation sites is 1. The maximum atomic E-state index is 11.7. The van der Waals surface area contributed by atoms with Crippen LogP contribution in [0, 0.1) is 0 Å². The Hall–Kier alpha value is -1.94. The number of hydrogen-bond acceptors (Lipinski definition) is 3. The van der Waals surface area contributed by atoms with Gasteiger partial charge in [0.2, 0.25) is 5.91 Å². The summed E-state index contributed by atoms with van der Waals surface area (Å²) in [6.45, 7) is 1.45. The molecule has 1 heterocycles. The van der Waals surface area contributed by atoms with Crippen molar-refractivity contribution in [2.45, 2.75) is 31.7 Å². The van der Waals surface area contributed by atoms with Crippen molar-refractivity contribution >= 4 is 16.8 Å². The van der Waals surface area contributed by atoms with Gasteiger partial charge in [-0.1, -0.05) is 24.3 Å². The van der Waals surface area contributed by atoms with E-state index < -0.39 is 0 Å². The molecule has 1 saturated carbocycles. The van der Waals surface area contributed by atoms with Crippen LogP contribution < -0.4 is 10.6 Å². The molecule has 2 aromatic rings. The number of amides is 1. The van der Waals surface area contributed by atoms with Gasteiger partial charge in [-0.15, -0.1) is 0 Å². The molecule has 0 bridgehead atoms. The van der Waals surface area contributed by atoms with Crippen LogP contribution in [-0.4, -0.2) is 30.0 Å². The first kappa shape index (κ1) is 14.0. The first-order chi connectivity index (χ1) is 10.3. The first-order valence-electron chi connectivity index (χ1n) is 7.65. The third-order valence-electron chi connectivity index (χ3n) is 3.80. The lowest BCUT2D eigenvalue weighted by Crippen LogP contribution is -2.29. The van der Waals surface area contributed by atoms with Crippen LogP contribution in [0.3, 0.4) is 0 Å². The SMILES string of the molecule is O=C(CCNC1CC1)NCCc1cccc2cccnc12. The lowest BCUT2D eigenvalue weighted by atomic mass is 10.1. The second kappa shape index (κ2) is 6.68. The summed E-state index contributed by atoms with van der Waals surface area (Å²) in [5.74, 6) is 0.122. The van der Waals surface area contributed by atoms with Crippen molar-refractivity contribution in [1.29, 1.82) is 0 Å². The minimum atomic E-state index is 0.122. The molecule has 1 aliphatic rings. The molecule has 3 rings (SSSR count). The number of aromatic nitrogens is 1. The van der Waals surface area contributed by atoms with Crippen LogP contribution in [0.5, 0.6) is 0 Å². The van der Waals surface area contributed by atoms with Gasteiger partial charge < -0.3 is 10.6 Å². The summed E-state index contributed by atoms with van der Waals surface area (Å²) in [6, 6.07) is 10.9. The van der Waals surface area contributed by atoms with E-state index in [1.165, 1.54) is 18.4 Å². The number of carbonyl (C=O) groups is 1. The average molecular weight is 283 g/mol. The van der Waals surface area contributed by atoms with E-state index in [2.05, 4.69) is 33.8 Å². The smallest absolute Gasteiger partial charge is 0.221 e. The Bertz CT molecular complexity index is 617. The Morgan fingerprint density at radius 3 is 2.90 bits per heavy atom. The minimum absolute atomic E-state index is 0.122. The lowest BCUT2D eigenvalue weighted by molar-refractivity contribution is -0.120. The number of nitrogens with one attached hydrogen (secondary N) is 2. The summed E-state index contributed by atoms with van der Waals surface area (Å²) in [7, 11) is 0. The van der Waals surface area contributed by atoms with E-state index in [0.29, 0.717) is 19.0 Å². The number of nitrogens with zero attached hydrogens (tertiary/aromatic N) is 1. The zero-order valence-electron chi connectivity index (χ0n) is 12.1. The second-order valence-electron chi connectivity index (χ2n) is 5.57. The molecule has 0 atom stereocenters. The van der Waals surface area contributed by atoms with Crippen LogP contribution in [-0.2, 0) is 11.2 Å². The van der Waals surface area contributed by atoms with Gasteiger partial charge in [0.1, 0.15) is 0 Å². The fourth-order valence-electron chi connectivity index (χ4n) is 2.47. The van der Waals surface area contributed by atoms with Gasteiger partial charge in [-0.25, -0.2) is 0 Å². The van der Waals surface area contributed by atoms with E-state index in [9.17, 15) is 4.79 Å². The summed E-state index contributed by atoms with van der Waals surface area (Å²) in [5, 5.41) is 7.48. The minimum Gasteiger partial charge on any atom is -0.356 e. The van der Waals surface area contributed by atoms with Crippen LogP contribution in [0.25, 0.3) is 10.9 Å². The summed E-state index contributed by atoms with van der Waals surface area (Å²) < 4.78 is 0. The van der Waals surface area contributed by atoms with Gasteiger partial charge >= 0.3 is 0 Å². The molecule has 4 heteroatoms. The molecule has 0 aliphatic heterocycles.